The second-order valence-electron chi connectivity index (χ2n) is 5.41. The molecule has 1 aromatic rings. The number of nitrogens with zero attached hydrogens (tertiary/aromatic N) is 2. The van der Waals surface area contributed by atoms with Gasteiger partial charge in [-0.05, 0) is 67.2 Å². The number of aromatic nitrogens is 2. The third-order valence-corrected chi connectivity index (χ3v) is 4.51. The van der Waals surface area contributed by atoms with Gasteiger partial charge in [-0.1, -0.05) is 0 Å². The largest absolute Gasteiger partial charge is 0.393 e. The van der Waals surface area contributed by atoms with E-state index in [0.717, 1.165) is 28.4 Å². The van der Waals surface area contributed by atoms with Gasteiger partial charge in [-0.25, -0.2) is 0 Å². The van der Waals surface area contributed by atoms with E-state index in [0.29, 0.717) is 12.0 Å². The van der Waals surface area contributed by atoms with E-state index in [-0.39, 0.29) is 6.10 Å². The molecule has 0 radical (unpaired) electrons. The van der Waals surface area contributed by atoms with Gasteiger partial charge in [-0.15, -0.1) is 0 Å². The lowest BCUT2D eigenvalue weighted by molar-refractivity contribution is 0.165. The molecule has 1 aromatic heterocycles. The van der Waals surface area contributed by atoms with Crippen molar-refractivity contribution in [1.29, 1.82) is 0 Å². The maximum Gasteiger partial charge on any atom is 0.123 e. The van der Waals surface area contributed by atoms with Crippen LogP contribution in [0, 0.1) is 15.5 Å². The van der Waals surface area contributed by atoms with Crippen molar-refractivity contribution < 1.29 is 5.11 Å². The predicted molar refractivity (Wildman–Crippen MR) is 70.3 cm³/mol. The van der Waals surface area contributed by atoms with Crippen LogP contribution < -0.4 is 0 Å². The zero-order chi connectivity index (χ0) is 11.4. The highest BCUT2D eigenvalue weighted by atomic mass is 127. The first-order valence-electron chi connectivity index (χ1n) is 6.01. The smallest absolute Gasteiger partial charge is 0.123 e. The molecule has 88 valence electrons. The maximum atomic E-state index is 9.55. The molecule has 4 atom stereocenters. The van der Waals surface area contributed by atoms with Crippen LogP contribution in [-0.2, 0) is 0 Å². The molecule has 0 aliphatic heterocycles. The van der Waals surface area contributed by atoms with E-state index >= 15 is 0 Å². The van der Waals surface area contributed by atoms with Crippen LogP contribution in [0.5, 0.6) is 0 Å². The predicted octanol–water partition coefficient (Wildman–Crippen LogP) is 2.55. The second kappa shape index (κ2) is 3.70. The van der Waals surface area contributed by atoms with Crippen molar-refractivity contribution in [1.82, 2.24) is 9.78 Å². The number of hydrogen-bond donors (Lipinski definition) is 1. The molecule has 0 saturated heterocycles. The van der Waals surface area contributed by atoms with Crippen molar-refractivity contribution in [3.05, 3.63) is 15.5 Å². The first-order chi connectivity index (χ1) is 7.58. The van der Waals surface area contributed by atoms with E-state index in [1.807, 2.05) is 0 Å². The zero-order valence-corrected chi connectivity index (χ0v) is 11.8. The monoisotopic (exact) mass is 332 g/mol. The molecule has 1 N–H and O–H groups in total. The summed E-state index contributed by atoms with van der Waals surface area (Å²) in [6, 6.07) is 2.65. The van der Waals surface area contributed by atoms with Gasteiger partial charge in [0.15, 0.2) is 0 Å². The molecule has 1 heterocycles. The highest BCUT2D eigenvalue weighted by Gasteiger charge is 2.57. The Morgan fingerprint density at radius 3 is 2.62 bits per heavy atom. The molecule has 3 rings (SSSR count). The molecular formula is C12H17IN2O. The van der Waals surface area contributed by atoms with E-state index in [1.165, 1.54) is 5.69 Å². The van der Waals surface area contributed by atoms with Gasteiger partial charge in [0, 0.05) is 17.7 Å². The molecule has 16 heavy (non-hydrogen) atoms. The third kappa shape index (κ3) is 1.61. The summed E-state index contributed by atoms with van der Waals surface area (Å²) < 4.78 is 3.25. The maximum absolute atomic E-state index is 9.55. The highest BCUT2D eigenvalue weighted by Crippen LogP contribution is 2.63. The van der Waals surface area contributed by atoms with Crippen molar-refractivity contribution in [3.63, 3.8) is 0 Å². The summed E-state index contributed by atoms with van der Waals surface area (Å²) in [7, 11) is 0. The molecule has 0 bridgehead atoms. The first-order valence-corrected chi connectivity index (χ1v) is 7.09. The van der Waals surface area contributed by atoms with Gasteiger partial charge in [-0.2, -0.15) is 5.10 Å². The Morgan fingerprint density at radius 2 is 2.06 bits per heavy atom. The fourth-order valence-electron chi connectivity index (χ4n) is 3.29. The Morgan fingerprint density at radius 1 is 1.44 bits per heavy atom. The summed E-state index contributed by atoms with van der Waals surface area (Å²) in [6.45, 7) is 4.36. The molecule has 3 nitrogen and oxygen atoms in total. The van der Waals surface area contributed by atoms with Gasteiger partial charge in [0.2, 0.25) is 0 Å². The van der Waals surface area contributed by atoms with Crippen LogP contribution in [0.3, 0.4) is 0 Å². The normalized spacial score (nSPS) is 36.8. The van der Waals surface area contributed by atoms with E-state index < -0.39 is 0 Å². The summed E-state index contributed by atoms with van der Waals surface area (Å²) in [5.41, 5.74) is 1.39. The minimum atomic E-state index is -0.0410. The number of aliphatic hydroxyl groups is 1. The van der Waals surface area contributed by atoms with Crippen LogP contribution in [0.4, 0.5) is 0 Å². The van der Waals surface area contributed by atoms with Crippen molar-refractivity contribution >= 4 is 22.6 Å². The quantitative estimate of drug-likeness (QED) is 0.846. The number of halogens is 1. The molecule has 2 aliphatic rings. The minimum Gasteiger partial charge on any atom is -0.393 e. The summed E-state index contributed by atoms with van der Waals surface area (Å²) in [6.07, 6.45) is 1.95. The molecule has 2 saturated carbocycles. The van der Waals surface area contributed by atoms with Gasteiger partial charge in [-0.3, -0.25) is 4.68 Å². The number of aliphatic hydroxyl groups excluding tert-OH is 1. The molecule has 2 unspecified atom stereocenters. The summed E-state index contributed by atoms with van der Waals surface area (Å²) in [4.78, 5) is 0. The van der Waals surface area contributed by atoms with Gasteiger partial charge in [0.05, 0.1) is 6.10 Å². The summed E-state index contributed by atoms with van der Waals surface area (Å²) >= 11 is 2.29. The first kappa shape index (κ1) is 11.0. The molecule has 4 heteroatoms. The van der Waals surface area contributed by atoms with Crippen LogP contribution in [0.1, 0.15) is 44.3 Å². The fraction of sp³-hybridized carbons (Fsp3) is 0.750. The number of hydrogen-bond acceptors (Lipinski definition) is 2. The fourth-order valence-corrected chi connectivity index (χ4v) is 3.84. The van der Waals surface area contributed by atoms with Crippen molar-refractivity contribution in [2.45, 2.75) is 44.8 Å². The molecule has 0 amide bonds. The number of fused-ring (bicyclic) bond motifs is 1. The zero-order valence-electron chi connectivity index (χ0n) is 9.60. The van der Waals surface area contributed by atoms with Crippen LogP contribution in [-0.4, -0.2) is 21.0 Å². The van der Waals surface area contributed by atoms with Gasteiger partial charge < -0.3 is 5.11 Å². The molecule has 0 spiro atoms. The minimum absolute atomic E-state index is 0.0410. The summed E-state index contributed by atoms with van der Waals surface area (Å²) in [5.74, 6) is 2.11. The standard InChI is InChI=1S/C12H17IN2O/c1-6(2)15-10(5-11(13)14-15)12-8-3-7(16)4-9(8)12/h5-9,12,16H,3-4H2,1-2H3/t7?,8-,9+,12?. The Labute approximate surface area is 109 Å². The average Bonchev–Trinajstić information content (AvgIpc) is 2.60. The lowest BCUT2D eigenvalue weighted by atomic mass is 10.1. The number of rotatable bonds is 2. The van der Waals surface area contributed by atoms with Gasteiger partial charge >= 0.3 is 0 Å². The topological polar surface area (TPSA) is 38.0 Å². The van der Waals surface area contributed by atoms with Gasteiger partial charge in [0.1, 0.15) is 3.70 Å². The third-order valence-electron chi connectivity index (χ3n) is 3.99. The Balaban J connectivity index is 1.86. The van der Waals surface area contributed by atoms with E-state index in [2.05, 4.69) is 52.3 Å². The molecular weight excluding hydrogens is 315 g/mol. The van der Waals surface area contributed by atoms with Crippen molar-refractivity contribution in [2.75, 3.05) is 0 Å². The van der Waals surface area contributed by atoms with E-state index in [4.69, 9.17) is 0 Å². The molecule has 2 fully saturated rings. The SMILES string of the molecule is CC(C)n1nc(I)cc1C1[C@H]2CC(O)C[C@@H]12. The lowest BCUT2D eigenvalue weighted by Gasteiger charge is -2.13. The van der Waals surface area contributed by atoms with Crippen molar-refractivity contribution in [3.8, 4) is 0 Å². The Hall–Kier alpha value is -0.100. The van der Waals surface area contributed by atoms with Gasteiger partial charge in [0.25, 0.3) is 0 Å². The second-order valence-corrected chi connectivity index (χ2v) is 6.51. The molecule has 0 aromatic carbocycles. The Kier molecular flexibility index (Phi) is 2.55. The molecule has 2 aliphatic carbocycles. The van der Waals surface area contributed by atoms with Crippen LogP contribution in [0.15, 0.2) is 6.07 Å². The van der Waals surface area contributed by atoms with Crippen LogP contribution in [0.25, 0.3) is 0 Å². The summed E-state index contributed by atoms with van der Waals surface area (Å²) in [5, 5.41) is 14.1. The highest BCUT2D eigenvalue weighted by molar-refractivity contribution is 14.1. The van der Waals surface area contributed by atoms with Crippen LogP contribution >= 0.6 is 22.6 Å². The van der Waals surface area contributed by atoms with Crippen molar-refractivity contribution in [2.24, 2.45) is 11.8 Å². The van der Waals surface area contributed by atoms with E-state index in [9.17, 15) is 5.11 Å². The lowest BCUT2D eigenvalue weighted by Crippen LogP contribution is -2.10. The van der Waals surface area contributed by atoms with E-state index in [1.54, 1.807) is 0 Å². The van der Waals surface area contributed by atoms with Crippen LogP contribution in [0.2, 0.25) is 0 Å². The Bertz CT molecular complexity index is 403. The average molecular weight is 332 g/mol.